The Morgan fingerprint density at radius 3 is 2.59 bits per heavy atom. The van der Waals surface area contributed by atoms with Gasteiger partial charge in [-0.05, 0) is 35.9 Å². The van der Waals surface area contributed by atoms with Crippen LogP contribution in [0, 0.1) is 0 Å². The number of rotatable bonds is 8. The normalized spacial score (nSPS) is 13.6. The molecule has 2 aromatic carbocycles. The summed E-state index contributed by atoms with van der Waals surface area (Å²) in [4.78, 5) is 15.0. The Bertz CT molecular complexity index is 1460. The Labute approximate surface area is 206 Å². The van der Waals surface area contributed by atoms with Crippen molar-refractivity contribution in [1.82, 2.24) is 19.3 Å². The van der Waals surface area contributed by atoms with Crippen molar-refractivity contribution >= 4 is 39.8 Å². The molecule has 5 aromatic rings. The van der Waals surface area contributed by atoms with Gasteiger partial charge < -0.3 is 9.13 Å². The number of para-hydroxylation sites is 1. The SMILES string of the molecule is Cn1c(-c2ccccc2)c(C(=O)CSc2nnc(Cc3cccs3)n2C2CC2)c2ccccc21. The number of benzene rings is 2. The van der Waals surface area contributed by atoms with Crippen LogP contribution in [0.3, 0.4) is 0 Å². The molecule has 34 heavy (non-hydrogen) atoms. The van der Waals surface area contributed by atoms with Gasteiger partial charge in [-0.2, -0.15) is 0 Å². The molecule has 1 saturated carbocycles. The number of fused-ring (bicyclic) bond motifs is 1. The second-order valence-corrected chi connectivity index (χ2v) is 10.6. The van der Waals surface area contributed by atoms with E-state index in [-0.39, 0.29) is 5.78 Å². The Balaban J connectivity index is 1.32. The first-order chi connectivity index (χ1) is 16.7. The van der Waals surface area contributed by atoms with Crippen LogP contribution in [-0.4, -0.2) is 30.9 Å². The highest BCUT2D eigenvalue weighted by Crippen LogP contribution is 2.40. The van der Waals surface area contributed by atoms with Crippen LogP contribution in [0.1, 0.15) is 39.9 Å². The van der Waals surface area contributed by atoms with E-state index in [1.807, 2.05) is 43.4 Å². The van der Waals surface area contributed by atoms with Crippen LogP contribution in [0.5, 0.6) is 0 Å². The van der Waals surface area contributed by atoms with Crippen LogP contribution in [0.2, 0.25) is 0 Å². The molecule has 0 N–H and O–H groups in total. The van der Waals surface area contributed by atoms with Crippen molar-refractivity contribution < 1.29 is 4.79 Å². The standard InChI is InChI=1S/C27H24N4OS2/c1-30-22-12-6-5-11-21(22)25(26(30)18-8-3-2-4-9-18)23(32)17-34-27-29-28-24(31(27)19-13-14-19)16-20-10-7-15-33-20/h2-12,15,19H,13-14,16-17H2,1H3. The second kappa shape index (κ2) is 8.89. The average molecular weight is 485 g/mol. The van der Waals surface area contributed by atoms with Crippen LogP contribution in [0.25, 0.3) is 22.2 Å². The molecule has 1 fully saturated rings. The first kappa shape index (κ1) is 21.4. The minimum absolute atomic E-state index is 0.116. The maximum atomic E-state index is 13.7. The quantitative estimate of drug-likeness (QED) is 0.189. The molecule has 0 atom stereocenters. The van der Waals surface area contributed by atoms with E-state index >= 15 is 0 Å². The van der Waals surface area contributed by atoms with Gasteiger partial charge in [0.25, 0.3) is 0 Å². The third-order valence-corrected chi connectivity index (χ3v) is 8.14. The number of thiophene rings is 1. The number of nitrogens with zero attached hydrogens (tertiary/aromatic N) is 4. The Morgan fingerprint density at radius 2 is 1.82 bits per heavy atom. The van der Waals surface area contributed by atoms with Gasteiger partial charge >= 0.3 is 0 Å². The van der Waals surface area contributed by atoms with Crippen molar-refractivity contribution in [3.63, 3.8) is 0 Å². The molecule has 170 valence electrons. The molecule has 1 aliphatic rings. The summed E-state index contributed by atoms with van der Waals surface area (Å²) in [6.45, 7) is 0. The summed E-state index contributed by atoms with van der Waals surface area (Å²) >= 11 is 3.25. The lowest BCUT2D eigenvalue weighted by Crippen LogP contribution is -2.08. The molecule has 3 heterocycles. The van der Waals surface area contributed by atoms with Crippen LogP contribution < -0.4 is 0 Å². The lowest BCUT2D eigenvalue weighted by molar-refractivity contribution is 0.102. The monoisotopic (exact) mass is 484 g/mol. The molecule has 0 saturated heterocycles. The lowest BCUT2D eigenvalue weighted by Gasteiger charge is -2.09. The number of ketones is 1. The minimum Gasteiger partial charge on any atom is -0.343 e. The van der Waals surface area contributed by atoms with Crippen molar-refractivity contribution in [3.8, 4) is 11.3 Å². The van der Waals surface area contributed by atoms with E-state index in [9.17, 15) is 4.79 Å². The number of hydrogen-bond donors (Lipinski definition) is 0. The summed E-state index contributed by atoms with van der Waals surface area (Å²) in [5.41, 5.74) is 3.87. The maximum Gasteiger partial charge on any atom is 0.191 e. The van der Waals surface area contributed by atoms with Gasteiger partial charge in [0.15, 0.2) is 10.9 Å². The molecule has 7 heteroatoms. The zero-order valence-corrected chi connectivity index (χ0v) is 20.5. The third-order valence-electron chi connectivity index (χ3n) is 6.32. The molecule has 0 unspecified atom stereocenters. The third kappa shape index (κ3) is 3.89. The van der Waals surface area contributed by atoms with Gasteiger partial charge in [-0.1, -0.05) is 66.4 Å². The van der Waals surface area contributed by atoms with Crippen molar-refractivity contribution in [1.29, 1.82) is 0 Å². The minimum atomic E-state index is 0.116. The van der Waals surface area contributed by atoms with E-state index < -0.39 is 0 Å². The fourth-order valence-electron chi connectivity index (χ4n) is 4.61. The van der Waals surface area contributed by atoms with Gasteiger partial charge in [-0.15, -0.1) is 21.5 Å². The Hall–Kier alpha value is -3.16. The van der Waals surface area contributed by atoms with Crippen molar-refractivity contribution in [2.75, 3.05) is 5.75 Å². The van der Waals surface area contributed by atoms with Gasteiger partial charge in [0.1, 0.15) is 5.82 Å². The van der Waals surface area contributed by atoms with Gasteiger partial charge in [-0.25, -0.2) is 0 Å². The molecule has 1 aliphatic carbocycles. The number of carbonyl (C=O) groups is 1. The molecule has 0 bridgehead atoms. The summed E-state index contributed by atoms with van der Waals surface area (Å²) in [5.74, 6) is 1.44. The van der Waals surface area contributed by atoms with Crippen LogP contribution >= 0.6 is 23.1 Å². The molecule has 0 amide bonds. The van der Waals surface area contributed by atoms with E-state index in [0.29, 0.717) is 11.8 Å². The number of thioether (sulfide) groups is 1. The molecular weight excluding hydrogens is 460 g/mol. The van der Waals surface area contributed by atoms with E-state index in [4.69, 9.17) is 0 Å². The highest BCUT2D eigenvalue weighted by atomic mass is 32.2. The molecule has 6 rings (SSSR count). The Morgan fingerprint density at radius 1 is 1.03 bits per heavy atom. The van der Waals surface area contributed by atoms with Gasteiger partial charge in [0.2, 0.25) is 0 Å². The first-order valence-electron chi connectivity index (χ1n) is 11.5. The molecule has 3 aromatic heterocycles. The van der Waals surface area contributed by atoms with Crippen molar-refractivity contribution in [2.24, 2.45) is 7.05 Å². The van der Waals surface area contributed by atoms with Crippen LogP contribution in [-0.2, 0) is 13.5 Å². The van der Waals surface area contributed by atoms with Crippen molar-refractivity contribution in [3.05, 3.63) is 88.4 Å². The van der Waals surface area contributed by atoms with Gasteiger partial charge in [0.05, 0.1) is 17.0 Å². The van der Waals surface area contributed by atoms with Gasteiger partial charge in [-0.3, -0.25) is 4.79 Å². The smallest absolute Gasteiger partial charge is 0.191 e. The molecule has 0 radical (unpaired) electrons. The fraction of sp³-hybridized carbons (Fsp3) is 0.222. The number of aromatic nitrogens is 4. The lowest BCUT2D eigenvalue weighted by atomic mass is 10.0. The Kier molecular flexibility index (Phi) is 5.59. The molecule has 0 aliphatic heterocycles. The summed E-state index contributed by atoms with van der Waals surface area (Å²) in [5, 5.41) is 12.9. The topological polar surface area (TPSA) is 52.7 Å². The number of hydrogen-bond acceptors (Lipinski definition) is 5. The number of Topliss-reactive ketones (excluding diaryl/α,β-unsaturated/α-hetero) is 1. The van der Waals surface area contributed by atoms with Crippen LogP contribution in [0.4, 0.5) is 0 Å². The maximum absolute atomic E-state index is 13.7. The van der Waals surface area contributed by atoms with Crippen molar-refractivity contribution in [2.45, 2.75) is 30.5 Å². The molecule has 0 spiro atoms. The zero-order valence-electron chi connectivity index (χ0n) is 18.8. The van der Waals surface area contributed by atoms with E-state index in [2.05, 4.69) is 55.0 Å². The summed E-state index contributed by atoms with van der Waals surface area (Å²) < 4.78 is 4.40. The zero-order chi connectivity index (χ0) is 23.1. The largest absolute Gasteiger partial charge is 0.343 e. The highest BCUT2D eigenvalue weighted by Gasteiger charge is 2.30. The van der Waals surface area contributed by atoms with Crippen LogP contribution in [0.15, 0.2) is 77.3 Å². The van der Waals surface area contributed by atoms with Gasteiger partial charge in [0, 0.05) is 35.3 Å². The summed E-state index contributed by atoms with van der Waals surface area (Å²) in [7, 11) is 2.04. The second-order valence-electron chi connectivity index (χ2n) is 8.63. The predicted molar refractivity (Wildman–Crippen MR) is 139 cm³/mol. The predicted octanol–water partition coefficient (Wildman–Crippen LogP) is 6.40. The molecular formula is C27H24N4OS2. The fourth-order valence-corrected chi connectivity index (χ4v) is 6.20. The van der Waals surface area contributed by atoms with E-state index in [1.54, 1.807) is 11.3 Å². The number of aryl methyl sites for hydroxylation is 1. The number of carbonyl (C=O) groups excluding carboxylic acids is 1. The average Bonchev–Trinajstić information content (AvgIpc) is 3.29. The van der Waals surface area contributed by atoms with E-state index in [1.165, 1.54) is 16.6 Å². The first-order valence-corrected chi connectivity index (χ1v) is 13.3. The highest BCUT2D eigenvalue weighted by molar-refractivity contribution is 7.99. The summed E-state index contributed by atoms with van der Waals surface area (Å²) in [6.07, 6.45) is 3.09. The summed E-state index contributed by atoms with van der Waals surface area (Å²) in [6, 6.07) is 23.0. The molecule has 5 nitrogen and oxygen atoms in total. The van der Waals surface area contributed by atoms with E-state index in [0.717, 1.165) is 58.0 Å².